The summed E-state index contributed by atoms with van der Waals surface area (Å²) in [4.78, 5) is 5.89. The van der Waals surface area contributed by atoms with Gasteiger partial charge in [-0.25, -0.2) is 13.9 Å². The number of aromatic nitrogens is 3. The van der Waals surface area contributed by atoms with E-state index < -0.39 is 17.6 Å². The maximum absolute atomic E-state index is 15.1. The van der Waals surface area contributed by atoms with E-state index in [0.717, 1.165) is 0 Å². The standard InChI is InChI=1S/C20H20F4N4O2/c1-18(2,29)19(21)9-10-27(12-19)17-8-7-16-25-11-14(28(16)26-17)13-5-3-4-6-15(13)30-20(22,23)24/h3-8,11,29H,9-10,12H2,1-2H3. The van der Waals surface area contributed by atoms with E-state index in [1.807, 2.05) is 0 Å². The first-order chi connectivity index (χ1) is 14.0. The van der Waals surface area contributed by atoms with Crippen molar-refractivity contribution in [1.82, 2.24) is 14.6 Å². The fraction of sp³-hybridized carbons (Fsp3) is 0.400. The van der Waals surface area contributed by atoms with Crippen molar-refractivity contribution in [2.75, 3.05) is 18.0 Å². The molecule has 0 aliphatic carbocycles. The van der Waals surface area contributed by atoms with E-state index in [0.29, 0.717) is 23.7 Å². The predicted molar refractivity (Wildman–Crippen MR) is 102 cm³/mol. The molecule has 6 nitrogen and oxygen atoms in total. The third kappa shape index (κ3) is 3.67. The van der Waals surface area contributed by atoms with Crippen LogP contribution in [0, 0.1) is 0 Å². The van der Waals surface area contributed by atoms with Crippen LogP contribution in [0.15, 0.2) is 42.6 Å². The molecule has 1 aliphatic rings. The first kappa shape index (κ1) is 20.4. The van der Waals surface area contributed by atoms with Crippen molar-refractivity contribution in [3.05, 3.63) is 42.6 Å². The molecule has 0 amide bonds. The molecule has 1 N–H and O–H groups in total. The van der Waals surface area contributed by atoms with Crippen molar-refractivity contribution in [3.8, 4) is 17.0 Å². The molecule has 3 heterocycles. The Balaban J connectivity index is 1.72. The van der Waals surface area contributed by atoms with Crippen LogP contribution < -0.4 is 9.64 Å². The molecule has 30 heavy (non-hydrogen) atoms. The van der Waals surface area contributed by atoms with Crippen molar-refractivity contribution in [2.45, 2.75) is 37.9 Å². The maximum Gasteiger partial charge on any atom is 0.573 e. The minimum absolute atomic E-state index is 0.0488. The Morgan fingerprint density at radius 3 is 2.53 bits per heavy atom. The molecular formula is C20H20F4N4O2. The van der Waals surface area contributed by atoms with Crippen LogP contribution >= 0.6 is 0 Å². The van der Waals surface area contributed by atoms with E-state index in [2.05, 4.69) is 14.8 Å². The minimum atomic E-state index is -4.84. The lowest BCUT2D eigenvalue weighted by molar-refractivity contribution is -0.274. The van der Waals surface area contributed by atoms with Crippen LogP contribution in [0.4, 0.5) is 23.4 Å². The zero-order chi connectivity index (χ0) is 21.7. The summed E-state index contributed by atoms with van der Waals surface area (Å²) >= 11 is 0. The highest BCUT2D eigenvalue weighted by Gasteiger charge is 2.49. The summed E-state index contributed by atoms with van der Waals surface area (Å²) in [5.74, 6) is 0.0599. The average molecular weight is 424 g/mol. The number of rotatable bonds is 4. The molecule has 3 aromatic rings. The highest BCUT2D eigenvalue weighted by Crippen LogP contribution is 2.38. The van der Waals surface area contributed by atoms with Crippen molar-refractivity contribution in [1.29, 1.82) is 0 Å². The van der Waals surface area contributed by atoms with Gasteiger partial charge in [0.15, 0.2) is 11.3 Å². The number of hydrogen-bond donors (Lipinski definition) is 1. The Bertz CT molecular complexity index is 1080. The van der Waals surface area contributed by atoms with Gasteiger partial charge in [0, 0.05) is 18.5 Å². The van der Waals surface area contributed by atoms with E-state index in [-0.39, 0.29) is 24.3 Å². The molecule has 1 unspecified atom stereocenters. The monoisotopic (exact) mass is 424 g/mol. The van der Waals surface area contributed by atoms with E-state index >= 15 is 4.39 Å². The molecule has 0 radical (unpaired) electrons. The first-order valence-electron chi connectivity index (χ1n) is 9.33. The molecule has 0 spiro atoms. The molecule has 1 aromatic carbocycles. The van der Waals surface area contributed by atoms with Crippen LogP contribution in [0.2, 0.25) is 0 Å². The molecule has 160 valence electrons. The Morgan fingerprint density at radius 1 is 1.13 bits per heavy atom. The third-order valence-electron chi connectivity index (χ3n) is 5.38. The fourth-order valence-corrected chi connectivity index (χ4v) is 3.58. The molecule has 0 saturated carbocycles. The Hall–Kier alpha value is -2.88. The summed E-state index contributed by atoms with van der Waals surface area (Å²) in [7, 11) is 0. The van der Waals surface area contributed by atoms with Gasteiger partial charge in [0.1, 0.15) is 11.6 Å². The zero-order valence-corrected chi connectivity index (χ0v) is 16.3. The third-order valence-corrected chi connectivity index (χ3v) is 5.38. The van der Waals surface area contributed by atoms with Crippen molar-refractivity contribution < 1.29 is 27.4 Å². The number of aliphatic hydroxyl groups is 1. The second-order valence-electron chi connectivity index (χ2n) is 7.84. The number of fused-ring (bicyclic) bond motifs is 1. The number of anilines is 1. The van der Waals surface area contributed by atoms with Crippen molar-refractivity contribution in [2.24, 2.45) is 0 Å². The molecule has 0 bridgehead atoms. The van der Waals surface area contributed by atoms with Crippen molar-refractivity contribution in [3.63, 3.8) is 0 Å². The lowest BCUT2D eigenvalue weighted by atomic mass is 9.87. The topological polar surface area (TPSA) is 62.9 Å². The van der Waals surface area contributed by atoms with Gasteiger partial charge in [-0.05, 0) is 38.1 Å². The molecule has 1 fully saturated rings. The molecule has 4 rings (SSSR count). The number of para-hydroxylation sites is 1. The number of imidazole rings is 1. The normalized spacial score (nSPS) is 20.2. The Morgan fingerprint density at radius 2 is 1.87 bits per heavy atom. The molecular weight excluding hydrogens is 404 g/mol. The van der Waals surface area contributed by atoms with Crippen LogP contribution in [-0.2, 0) is 0 Å². The van der Waals surface area contributed by atoms with Gasteiger partial charge in [0.25, 0.3) is 0 Å². The Kier molecular flexibility index (Phi) is 4.64. The molecule has 1 aliphatic heterocycles. The summed E-state index contributed by atoms with van der Waals surface area (Å²) in [5, 5.41) is 14.6. The summed E-state index contributed by atoms with van der Waals surface area (Å²) in [5.41, 5.74) is -2.41. The van der Waals surface area contributed by atoms with Crippen LogP contribution in [0.25, 0.3) is 16.9 Å². The largest absolute Gasteiger partial charge is 0.573 e. The summed E-state index contributed by atoms with van der Waals surface area (Å²) in [6.07, 6.45) is -3.30. The molecule has 1 saturated heterocycles. The fourth-order valence-electron chi connectivity index (χ4n) is 3.58. The van der Waals surface area contributed by atoms with Gasteiger partial charge in [-0.2, -0.15) is 0 Å². The van der Waals surface area contributed by atoms with Gasteiger partial charge in [0.05, 0.1) is 24.0 Å². The molecule has 10 heteroatoms. The van der Waals surface area contributed by atoms with Gasteiger partial charge in [-0.1, -0.05) is 12.1 Å². The highest BCUT2D eigenvalue weighted by atomic mass is 19.4. The number of ether oxygens (including phenoxy) is 1. The summed E-state index contributed by atoms with van der Waals surface area (Å²) in [6, 6.07) is 9.04. The lowest BCUT2D eigenvalue weighted by Crippen LogP contribution is -2.48. The number of nitrogens with zero attached hydrogens (tertiary/aromatic N) is 4. The second-order valence-corrected chi connectivity index (χ2v) is 7.84. The number of benzene rings is 1. The minimum Gasteiger partial charge on any atom is -0.405 e. The number of hydrogen-bond acceptors (Lipinski definition) is 5. The van der Waals surface area contributed by atoms with Gasteiger partial charge in [-0.15, -0.1) is 18.3 Å². The number of alkyl halides is 4. The van der Waals surface area contributed by atoms with E-state index in [9.17, 15) is 18.3 Å². The van der Waals surface area contributed by atoms with Crippen molar-refractivity contribution >= 4 is 11.5 Å². The summed E-state index contributed by atoms with van der Waals surface area (Å²) < 4.78 is 59.0. The van der Waals surface area contributed by atoms with E-state index in [4.69, 9.17) is 0 Å². The van der Waals surface area contributed by atoms with Crippen LogP contribution in [0.5, 0.6) is 5.75 Å². The quantitative estimate of drug-likeness (QED) is 0.642. The smallest absolute Gasteiger partial charge is 0.405 e. The van der Waals surface area contributed by atoms with Gasteiger partial charge >= 0.3 is 6.36 Å². The van der Waals surface area contributed by atoms with Crippen LogP contribution in [-0.4, -0.2) is 50.4 Å². The van der Waals surface area contributed by atoms with Gasteiger partial charge in [0.2, 0.25) is 0 Å². The van der Waals surface area contributed by atoms with E-state index in [1.165, 1.54) is 42.8 Å². The van der Waals surface area contributed by atoms with Gasteiger partial charge in [-0.3, -0.25) is 0 Å². The lowest BCUT2D eigenvalue weighted by Gasteiger charge is -2.32. The first-order valence-corrected chi connectivity index (χ1v) is 9.33. The molecule has 1 atom stereocenters. The van der Waals surface area contributed by atoms with E-state index in [1.54, 1.807) is 23.1 Å². The highest BCUT2D eigenvalue weighted by molar-refractivity contribution is 5.70. The van der Waals surface area contributed by atoms with Crippen LogP contribution in [0.1, 0.15) is 20.3 Å². The number of halogens is 4. The molecule has 2 aromatic heterocycles. The Labute approximate surface area is 169 Å². The zero-order valence-electron chi connectivity index (χ0n) is 16.3. The predicted octanol–water partition coefficient (Wildman–Crippen LogP) is 3.98. The maximum atomic E-state index is 15.1. The summed E-state index contributed by atoms with van der Waals surface area (Å²) in [6.45, 7) is 3.15. The van der Waals surface area contributed by atoms with Gasteiger partial charge < -0.3 is 14.7 Å². The SMILES string of the molecule is CC(C)(O)C1(F)CCN(c2ccc3ncc(-c4ccccc4OC(F)(F)F)n3n2)C1. The average Bonchev–Trinajstić information content (AvgIpc) is 3.24. The second kappa shape index (κ2) is 6.83. The van der Waals surface area contributed by atoms with Crippen LogP contribution in [0.3, 0.4) is 0 Å².